The highest BCUT2D eigenvalue weighted by Gasteiger charge is 2.49. The van der Waals surface area contributed by atoms with Gasteiger partial charge in [0.05, 0.1) is 16.4 Å². The number of rotatable bonds is 4. The van der Waals surface area contributed by atoms with E-state index in [9.17, 15) is 29.9 Å². The molecule has 0 saturated heterocycles. The summed E-state index contributed by atoms with van der Waals surface area (Å²) in [7, 11) is 0. The fourth-order valence-electron chi connectivity index (χ4n) is 3.51. The molecule has 24 heavy (non-hydrogen) atoms. The van der Waals surface area contributed by atoms with E-state index in [-0.39, 0.29) is 29.2 Å². The van der Waals surface area contributed by atoms with Crippen LogP contribution >= 0.6 is 0 Å². The van der Waals surface area contributed by atoms with E-state index in [0.717, 1.165) is 0 Å². The molecule has 0 bridgehead atoms. The standard InChI is InChI=1S/C17H19NO6/c1-9(19)14-13(21)8-17(3,22)16(10(2)20)15(14)11-4-6-12(7-5-11)18(23)24/h4-7,15-16,21-22H,8H2,1-3H3/t15-,16+,17+/m1/s1. The van der Waals surface area contributed by atoms with E-state index in [4.69, 9.17) is 0 Å². The Morgan fingerprint density at radius 3 is 2.21 bits per heavy atom. The van der Waals surface area contributed by atoms with E-state index in [1.807, 2.05) is 0 Å². The number of nitrogens with zero attached hydrogens (tertiary/aromatic N) is 1. The van der Waals surface area contributed by atoms with E-state index < -0.39 is 28.1 Å². The molecular formula is C17H19NO6. The number of benzene rings is 1. The van der Waals surface area contributed by atoms with Gasteiger partial charge in [0.2, 0.25) is 0 Å². The van der Waals surface area contributed by atoms with Crippen LogP contribution < -0.4 is 0 Å². The SMILES string of the molecule is CC(=O)C1=C(O)C[C@](C)(O)[C@@H](C(C)=O)[C@@H]1c1ccc([N+](=O)[O-])cc1. The van der Waals surface area contributed by atoms with Gasteiger partial charge in [0, 0.05) is 30.0 Å². The topological polar surface area (TPSA) is 118 Å². The molecule has 7 nitrogen and oxygen atoms in total. The molecule has 0 radical (unpaired) electrons. The Bertz CT molecular complexity index is 732. The molecule has 2 N–H and O–H groups in total. The van der Waals surface area contributed by atoms with Gasteiger partial charge < -0.3 is 10.2 Å². The van der Waals surface area contributed by atoms with Gasteiger partial charge in [-0.1, -0.05) is 12.1 Å². The van der Waals surface area contributed by atoms with Gasteiger partial charge in [-0.15, -0.1) is 0 Å². The third-order valence-corrected chi connectivity index (χ3v) is 4.43. The molecular weight excluding hydrogens is 314 g/mol. The third-order valence-electron chi connectivity index (χ3n) is 4.43. The average molecular weight is 333 g/mol. The highest BCUT2D eigenvalue weighted by atomic mass is 16.6. The van der Waals surface area contributed by atoms with Crippen LogP contribution in [0, 0.1) is 16.0 Å². The van der Waals surface area contributed by atoms with E-state index in [1.54, 1.807) is 0 Å². The molecule has 2 rings (SSSR count). The summed E-state index contributed by atoms with van der Waals surface area (Å²) in [6.45, 7) is 4.03. The van der Waals surface area contributed by atoms with E-state index >= 15 is 0 Å². The molecule has 1 aliphatic carbocycles. The molecule has 0 amide bonds. The zero-order valence-corrected chi connectivity index (χ0v) is 13.6. The Kier molecular flexibility index (Phi) is 4.57. The normalized spacial score (nSPS) is 27.0. The van der Waals surface area contributed by atoms with Gasteiger partial charge in [-0.2, -0.15) is 0 Å². The lowest BCUT2D eigenvalue weighted by Gasteiger charge is -2.41. The lowest BCUT2D eigenvalue weighted by atomic mass is 9.64. The minimum Gasteiger partial charge on any atom is -0.512 e. The molecule has 0 aromatic heterocycles. The highest BCUT2D eigenvalue weighted by Crippen LogP contribution is 2.47. The maximum Gasteiger partial charge on any atom is 0.269 e. The summed E-state index contributed by atoms with van der Waals surface area (Å²) in [6, 6.07) is 5.42. The zero-order chi connectivity index (χ0) is 18.2. The minimum absolute atomic E-state index is 0.0654. The summed E-state index contributed by atoms with van der Waals surface area (Å²) in [4.78, 5) is 34.4. The van der Waals surface area contributed by atoms with Crippen LogP contribution in [0.15, 0.2) is 35.6 Å². The fourth-order valence-corrected chi connectivity index (χ4v) is 3.51. The van der Waals surface area contributed by atoms with E-state index in [0.29, 0.717) is 5.56 Å². The number of nitro benzene ring substituents is 1. The molecule has 0 heterocycles. The highest BCUT2D eigenvalue weighted by molar-refractivity contribution is 5.97. The smallest absolute Gasteiger partial charge is 0.269 e. The predicted octanol–water partition coefficient (Wildman–Crippen LogP) is 2.44. The number of Topliss-reactive ketones (excluding diaryl/α,β-unsaturated/α-hetero) is 2. The lowest BCUT2D eigenvalue weighted by molar-refractivity contribution is -0.384. The number of allylic oxidation sites excluding steroid dienone is 1. The van der Waals surface area contributed by atoms with Gasteiger partial charge in [-0.05, 0) is 26.3 Å². The number of aliphatic hydroxyl groups excluding tert-OH is 1. The number of aliphatic hydroxyl groups is 2. The number of carbonyl (C=O) groups is 2. The summed E-state index contributed by atoms with van der Waals surface area (Å²) >= 11 is 0. The predicted molar refractivity (Wildman–Crippen MR) is 85.6 cm³/mol. The molecule has 0 spiro atoms. The molecule has 0 saturated carbocycles. The van der Waals surface area contributed by atoms with Crippen LogP contribution in [0.1, 0.15) is 38.7 Å². The van der Waals surface area contributed by atoms with Crippen LogP contribution in [0.2, 0.25) is 0 Å². The summed E-state index contributed by atoms with van der Waals surface area (Å²) < 4.78 is 0. The second-order valence-electron chi connectivity index (χ2n) is 6.37. The summed E-state index contributed by atoms with van der Waals surface area (Å²) in [5.74, 6) is -2.78. The van der Waals surface area contributed by atoms with Crippen LogP contribution in [0.4, 0.5) is 5.69 Å². The number of non-ortho nitro benzene ring substituents is 1. The van der Waals surface area contributed by atoms with Crippen molar-refractivity contribution >= 4 is 17.3 Å². The number of hydrogen-bond acceptors (Lipinski definition) is 6. The number of ketones is 2. The second-order valence-corrected chi connectivity index (χ2v) is 6.37. The van der Waals surface area contributed by atoms with Crippen LogP contribution in [0.5, 0.6) is 0 Å². The van der Waals surface area contributed by atoms with Crippen LogP contribution in [-0.2, 0) is 9.59 Å². The Hall–Kier alpha value is -2.54. The maximum absolute atomic E-state index is 12.2. The Morgan fingerprint density at radius 1 is 1.25 bits per heavy atom. The number of nitro groups is 1. The van der Waals surface area contributed by atoms with Crippen molar-refractivity contribution in [1.29, 1.82) is 0 Å². The Morgan fingerprint density at radius 2 is 1.79 bits per heavy atom. The summed E-state index contributed by atoms with van der Waals surface area (Å²) in [5, 5.41) is 31.6. The number of hydrogen-bond donors (Lipinski definition) is 2. The largest absolute Gasteiger partial charge is 0.512 e. The first kappa shape index (κ1) is 17.8. The van der Waals surface area contributed by atoms with Crippen molar-refractivity contribution < 1.29 is 24.7 Å². The van der Waals surface area contributed by atoms with Gasteiger partial charge in [-0.3, -0.25) is 19.7 Å². The molecule has 0 aliphatic heterocycles. The van der Waals surface area contributed by atoms with E-state index in [1.165, 1.54) is 45.0 Å². The minimum atomic E-state index is -1.53. The fraction of sp³-hybridized carbons (Fsp3) is 0.412. The van der Waals surface area contributed by atoms with Crippen molar-refractivity contribution in [3.8, 4) is 0 Å². The molecule has 1 aromatic rings. The quantitative estimate of drug-likeness (QED) is 0.645. The van der Waals surface area contributed by atoms with E-state index in [2.05, 4.69) is 0 Å². The summed E-state index contributed by atoms with van der Waals surface area (Å²) in [6.07, 6.45) is -0.199. The molecule has 0 fully saturated rings. The first-order chi connectivity index (χ1) is 11.1. The summed E-state index contributed by atoms with van der Waals surface area (Å²) in [5.41, 5.74) is -1.13. The Balaban J connectivity index is 2.66. The van der Waals surface area contributed by atoms with Gasteiger partial charge in [0.15, 0.2) is 5.78 Å². The third kappa shape index (κ3) is 3.07. The average Bonchev–Trinajstić information content (AvgIpc) is 2.44. The van der Waals surface area contributed by atoms with Crippen molar-refractivity contribution in [2.45, 2.75) is 38.7 Å². The molecule has 128 valence electrons. The van der Waals surface area contributed by atoms with Crippen molar-refractivity contribution in [3.05, 3.63) is 51.3 Å². The van der Waals surface area contributed by atoms with Crippen LogP contribution in [-0.4, -0.2) is 32.3 Å². The second kappa shape index (κ2) is 6.16. The molecule has 1 aliphatic rings. The molecule has 1 aromatic carbocycles. The van der Waals surface area contributed by atoms with Crippen molar-refractivity contribution in [1.82, 2.24) is 0 Å². The van der Waals surface area contributed by atoms with Gasteiger partial charge in [0.1, 0.15) is 11.5 Å². The molecule has 7 heteroatoms. The monoisotopic (exact) mass is 333 g/mol. The first-order valence-electron chi connectivity index (χ1n) is 7.46. The Labute approximate surface area is 138 Å². The van der Waals surface area contributed by atoms with Gasteiger partial charge >= 0.3 is 0 Å². The molecule has 0 unspecified atom stereocenters. The molecule has 3 atom stereocenters. The van der Waals surface area contributed by atoms with Crippen molar-refractivity contribution in [2.75, 3.05) is 0 Å². The maximum atomic E-state index is 12.2. The van der Waals surface area contributed by atoms with Crippen molar-refractivity contribution in [3.63, 3.8) is 0 Å². The lowest BCUT2D eigenvalue weighted by Crippen LogP contribution is -2.47. The van der Waals surface area contributed by atoms with Gasteiger partial charge in [0.25, 0.3) is 5.69 Å². The van der Waals surface area contributed by atoms with Gasteiger partial charge in [-0.25, -0.2) is 0 Å². The first-order valence-corrected chi connectivity index (χ1v) is 7.46. The van der Waals surface area contributed by atoms with Crippen LogP contribution in [0.25, 0.3) is 0 Å². The number of carbonyl (C=O) groups excluding carboxylic acids is 2. The van der Waals surface area contributed by atoms with Crippen molar-refractivity contribution in [2.24, 2.45) is 5.92 Å². The van der Waals surface area contributed by atoms with Crippen LogP contribution in [0.3, 0.4) is 0 Å². The zero-order valence-electron chi connectivity index (χ0n) is 13.6.